The average molecular weight is 566 g/mol. The molecule has 1 saturated heterocycles. The molecular weight excluding hydrogens is 528 g/mol. The second-order valence-electron chi connectivity index (χ2n) is 8.94. The van der Waals surface area contributed by atoms with Crippen LogP contribution < -0.4 is 10.9 Å². The van der Waals surface area contributed by atoms with Crippen molar-refractivity contribution in [2.75, 3.05) is 47.7 Å². The number of benzene rings is 1. The lowest BCUT2D eigenvalue weighted by atomic mass is 10.1. The quantitative estimate of drug-likeness (QED) is 0.350. The number of likely N-dealkylation sites (tertiary alicyclic amines) is 1. The van der Waals surface area contributed by atoms with Crippen molar-refractivity contribution in [3.05, 3.63) is 69.4 Å². The van der Waals surface area contributed by atoms with Gasteiger partial charge in [0.15, 0.2) is 0 Å². The van der Waals surface area contributed by atoms with Crippen LogP contribution in [0.3, 0.4) is 0 Å². The molecule has 1 fully saturated rings. The summed E-state index contributed by atoms with van der Waals surface area (Å²) in [6, 6.07) is 9.60. The normalized spacial score (nSPS) is 14.8. The Morgan fingerprint density at radius 3 is 2.62 bits per heavy atom. The van der Waals surface area contributed by atoms with E-state index in [9.17, 15) is 18.4 Å². The number of ether oxygens (including phenoxy) is 1. The van der Waals surface area contributed by atoms with Crippen molar-refractivity contribution in [2.24, 2.45) is 0 Å². The molecular formula is C28H38ClF2N5O3. The van der Waals surface area contributed by atoms with Crippen molar-refractivity contribution in [3.8, 4) is 0 Å². The number of nitrogens with one attached hydrogen (secondary N) is 1. The number of nitrogens with zero attached hydrogens (tertiary/aromatic N) is 4. The topological polar surface area (TPSA) is 89.3 Å². The largest absolute Gasteiger partial charge is 0.385 e. The molecule has 214 valence electrons. The van der Waals surface area contributed by atoms with Crippen LogP contribution in [0, 0.1) is 0 Å². The molecule has 3 aromatic rings. The minimum atomic E-state index is -0.106. The molecule has 3 heterocycles. The van der Waals surface area contributed by atoms with E-state index in [4.69, 9.17) is 21.4 Å². The van der Waals surface area contributed by atoms with Crippen LogP contribution in [0.15, 0.2) is 47.5 Å². The first-order valence-electron chi connectivity index (χ1n) is 12.9. The maximum Gasteiger partial charge on any atom is 0.274 e. The summed E-state index contributed by atoms with van der Waals surface area (Å²) in [7, 11) is 2.66. The van der Waals surface area contributed by atoms with E-state index < -0.39 is 0 Å². The minimum Gasteiger partial charge on any atom is -0.385 e. The van der Waals surface area contributed by atoms with Crippen LogP contribution in [-0.2, 0) is 22.5 Å². The first-order valence-corrected chi connectivity index (χ1v) is 13.3. The highest BCUT2D eigenvalue weighted by atomic mass is 35.5. The Labute approximate surface area is 233 Å². The summed E-state index contributed by atoms with van der Waals surface area (Å²) in [6.45, 7) is 3.35. The maximum atomic E-state index is 13.3. The van der Waals surface area contributed by atoms with Crippen molar-refractivity contribution >= 4 is 28.3 Å². The molecule has 1 atom stereocenters. The lowest BCUT2D eigenvalue weighted by Gasteiger charge is -2.24. The van der Waals surface area contributed by atoms with Crippen LogP contribution in [0.1, 0.15) is 36.9 Å². The number of carbonyl (C=O) groups is 1. The van der Waals surface area contributed by atoms with Gasteiger partial charge in [0.05, 0.1) is 32.0 Å². The highest BCUT2D eigenvalue weighted by Crippen LogP contribution is 2.21. The average Bonchev–Trinajstić information content (AvgIpc) is 3.42. The van der Waals surface area contributed by atoms with Gasteiger partial charge in [-0.05, 0) is 49.6 Å². The smallest absolute Gasteiger partial charge is 0.274 e. The minimum absolute atomic E-state index is 0.0468. The van der Waals surface area contributed by atoms with Gasteiger partial charge < -0.3 is 10.1 Å². The van der Waals surface area contributed by atoms with Gasteiger partial charge in [-0.1, -0.05) is 23.7 Å². The lowest BCUT2D eigenvalue weighted by molar-refractivity contribution is -0.121. The highest BCUT2D eigenvalue weighted by Gasteiger charge is 2.26. The first kappa shape index (κ1) is 32.3. The number of pyridine rings is 1. The van der Waals surface area contributed by atoms with Crippen LogP contribution in [0.25, 0.3) is 10.8 Å². The number of hydrogen-bond donors (Lipinski definition) is 1. The maximum absolute atomic E-state index is 13.3. The molecule has 0 spiro atoms. The molecule has 1 aromatic carbocycles. The van der Waals surface area contributed by atoms with Gasteiger partial charge in [-0.2, -0.15) is 5.10 Å². The number of halogens is 3. The molecule has 0 bridgehead atoms. The SMILES string of the molecule is CF.CF.COCCCNC(=O)CCN1CCCC1Cn1nc(Cc2ccc(Cl)cc2)c2cnccc2c1=O. The Morgan fingerprint density at radius 1 is 1.15 bits per heavy atom. The summed E-state index contributed by atoms with van der Waals surface area (Å²) in [6.07, 6.45) is 7.21. The van der Waals surface area contributed by atoms with Gasteiger partial charge in [-0.25, -0.2) is 4.68 Å². The van der Waals surface area contributed by atoms with Crippen LogP contribution in [0.4, 0.5) is 8.78 Å². The molecule has 0 saturated carbocycles. The molecule has 39 heavy (non-hydrogen) atoms. The zero-order valence-electron chi connectivity index (χ0n) is 22.8. The fourth-order valence-electron chi connectivity index (χ4n) is 4.62. The van der Waals surface area contributed by atoms with E-state index in [1.807, 2.05) is 24.3 Å². The van der Waals surface area contributed by atoms with Crippen LogP contribution in [-0.4, -0.2) is 79.3 Å². The third-order valence-corrected chi connectivity index (χ3v) is 6.73. The lowest BCUT2D eigenvalue weighted by Crippen LogP contribution is -2.39. The van der Waals surface area contributed by atoms with Crippen molar-refractivity contribution < 1.29 is 18.3 Å². The van der Waals surface area contributed by atoms with E-state index >= 15 is 0 Å². The molecule has 8 nitrogen and oxygen atoms in total. The number of methoxy groups -OCH3 is 1. The first-order chi connectivity index (χ1) is 19.0. The number of carbonyl (C=O) groups excluding carboxylic acids is 1. The molecule has 0 aliphatic carbocycles. The van der Waals surface area contributed by atoms with E-state index in [0.29, 0.717) is 63.8 Å². The molecule has 1 N–H and O–H groups in total. The molecule has 2 aromatic heterocycles. The second kappa shape index (κ2) is 17.6. The zero-order valence-corrected chi connectivity index (χ0v) is 23.6. The van der Waals surface area contributed by atoms with Gasteiger partial charge in [0.2, 0.25) is 5.91 Å². The third-order valence-electron chi connectivity index (χ3n) is 6.48. The summed E-state index contributed by atoms with van der Waals surface area (Å²) in [5.74, 6) is 0.0468. The summed E-state index contributed by atoms with van der Waals surface area (Å²) in [5, 5.41) is 9.81. The Balaban J connectivity index is 0.00000127. The number of aromatic nitrogens is 3. The van der Waals surface area contributed by atoms with Gasteiger partial charge in [0.25, 0.3) is 5.56 Å². The Bertz CT molecular complexity index is 1210. The molecule has 0 radical (unpaired) electrons. The summed E-state index contributed by atoms with van der Waals surface area (Å²) in [5.41, 5.74) is 1.77. The number of amides is 1. The van der Waals surface area contributed by atoms with Gasteiger partial charge >= 0.3 is 0 Å². The van der Waals surface area contributed by atoms with Gasteiger partial charge in [0, 0.05) is 68.5 Å². The molecule has 1 amide bonds. The van der Waals surface area contributed by atoms with Crippen LogP contribution >= 0.6 is 11.6 Å². The summed E-state index contributed by atoms with van der Waals surface area (Å²) in [4.78, 5) is 32.0. The summed E-state index contributed by atoms with van der Waals surface area (Å²) >= 11 is 6.04. The number of alkyl halides is 2. The van der Waals surface area contributed by atoms with E-state index in [1.165, 1.54) is 0 Å². The molecule has 1 unspecified atom stereocenters. The van der Waals surface area contributed by atoms with E-state index in [1.54, 1.807) is 30.3 Å². The van der Waals surface area contributed by atoms with Gasteiger partial charge in [0.1, 0.15) is 0 Å². The van der Waals surface area contributed by atoms with Crippen LogP contribution in [0.2, 0.25) is 5.02 Å². The van der Waals surface area contributed by atoms with Crippen molar-refractivity contribution in [1.29, 1.82) is 0 Å². The fraction of sp³-hybridized carbons (Fsp3) is 0.500. The Hall–Kier alpha value is -2.95. The molecule has 4 rings (SSSR count). The van der Waals surface area contributed by atoms with Crippen molar-refractivity contribution in [2.45, 2.75) is 44.7 Å². The molecule has 1 aliphatic heterocycles. The van der Waals surface area contributed by atoms with E-state index in [2.05, 4.69) is 15.2 Å². The van der Waals surface area contributed by atoms with Gasteiger partial charge in [-0.3, -0.25) is 28.3 Å². The third kappa shape index (κ3) is 9.63. The van der Waals surface area contributed by atoms with Crippen molar-refractivity contribution in [1.82, 2.24) is 25.0 Å². The summed E-state index contributed by atoms with van der Waals surface area (Å²) < 4.78 is 25.6. The monoisotopic (exact) mass is 565 g/mol. The van der Waals surface area contributed by atoms with Crippen molar-refractivity contribution in [3.63, 3.8) is 0 Å². The second-order valence-corrected chi connectivity index (χ2v) is 9.37. The predicted octanol–water partition coefficient (Wildman–Crippen LogP) is 4.21. The zero-order chi connectivity index (χ0) is 28.6. The molecule has 11 heteroatoms. The Kier molecular flexibility index (Phi) is 14.6. The molecule has 1 aliphatic rings. The highest BCUT2D eigenvalue weighted by molar-refractivity contribution is 6.30. The standard InChI is InChI=1S/C26H32ClN5O3.2CH3F/c1-35-15-3-11-29-25(33)10-14-31-13-2-4-21(31)18-32-26(34)22-9-12-28-17-23(22)24(30-32)16-19-5-7-20(27)8-6-19;2*1-2/h5-9,12,17,21H,2-4,10-11,13-16,18H2,1H3,(H,29,33);2*1H3. The Morgan fingerprint density at radius 2 is 1.90 bits per heavy atom. The number of hydrogen-bond acceptors (Lipinski definition) is 6. The van der Waals surface area contributed by atoms with E-state index in [0.717, 1.165) is 42.5 Å². The van der Waals surface area contributed by atoms with E-state index in [-0.39, 0.29) is 17.5 Å². The number of fused-ring (bicyclic) bond motifs is 1. The fourth-order valence-corrected chi connectivity index (χ4v) is 4.74. The predicted molar refractivity (Wildman–Crippen MR) is 151 cm³/mol. The van der Waals surface area contributed by atoms with Crippen LogP contribution in [0.5, 0.6) is 0 Å². The van der Waals surface area contributed by atoms with Gasteiger partial charge in [-0.15, -0.1) is 0 Å². The number of rotatable bonds is 11.